The molecule has 3 nitrogen and oxygen atoms in total. The summed E-state index contributed by atoms with van der Waals surface area (Å²) in [5.41, 5.74) is 10.9. The maximum Gasteiger partial charge on any atom is 0.222 e. The van der Waals surface area contributed by atoms with Crippen LogP contribution in [0.2, 0.25) is 0 Å². The number of carbonyl (C=O) groups excluding carboxylic acids is 1. The van der Waals surface area contributed by atoms with Crippen LogP contribution in [-0.2, 0) is 11.2 Å². The molecular weight excluding hydrogens is 284 g/mol. The van der Waals surface area contributed by atoms with Gasteiger partial charge in [0.15, 0.2) is 0 Å². The van der Waals surface area contributed by atoms with Gasteiger partial charge in [0.05, 0.1) is 0 Å². The lowest BCUT2D eigenvalue weighted by Gasteiger charge is -2.17. The largest absolute Gasteiger partial charge is 0.353 e. The number of rotatable bonds is 6. The van der Waals surface area contributed by atoms with Gasteiger partial charge in [0.2, 0.25) is 5.91 Å². The molecule has 3 N–H and O–H groups in total. The molecule has 0 aliphatic carbocycles. The molecule has 0 aliphatic rings. The zero-order valence-corrected chi connectivity index (χ0v) is 14.2. The van der Waals surface area contributed by atoms with E-state index in [-0.39, 0.29) is 18.0 Å². The van der Waals surface area contributed by atoms with Crippen LogP contribution in [0.4, 0.5) is 0 Å². The Balaban J connectivity index is 1.87. The number of nitrogens with two attached hydrogens (primary N) is 1. The van der Waals surface area contributed by atoms with Crippen LogP contribution in [0.25, 0.3) is 0 Å². The van der Waals surface area contributed by atoms with Crippen molar-refractivity contribution < 1.29 is 4.79 Å². The van der Waals surface area contributed by atoms with E-state index < -0.39 is 0 Å². The maximum atomic E-state index is 12.2. The molecule has 0 saturated heterocycles. The van der Waals surface area contributed by atoms with Gasteiger partial charge in [-0.05, 0) is 38.3 Å². The summed E-state index contributed by atoms with van der Waals surface area (Å²) in [6, 6.07) is 16.1. The molecule has 2 aromatic carbocycles. The number of hydrogen-bond acceptors (Lipinski definition) is 2. The molecule has 122 valence electrons. The van der Waals surface area contributed by atoms with Crippen LogP contribution >= 0.6 is 0 Å². The first kappa shape index (κ1) is 17.2. The summed E-state index contributed by atoms with van der Waals surface area (Å²) >= 11 is 0. The van der Waals surface area contributed by atoms with Gasteiger partial charge in [-0.2, -0.15) is 0 Å². The Labute approximate surface area is 138 Å². The van der Waals surface area contributed by atoms with E-state index in [1.54, 1.807) is 0 Å². The zero-order valence-electron chi connectivity index (χ0n) is 14.2. The zero-order chi connectivity index (χ0) is 16.8. The van der Waals surface area contributed by atoms with E-state index in [1.165, 1.54) is 16.7 Å². The van der Waals surface area contributed by atoms with Crippen molar-refractivity contribution in [3.05, 3.63) is 70.8 Å². The lowest BCUT2D eigenvalue weighted by Crippen LogP contribution is -2.35. The van der Waals surface area contributed by atoms with Gasteiger partial charge in [-0.3, -0.25) is 4.79 Å². The number of aryl methyl sites for hydroxylation is 2. The van der Waals surface area contributed by atoms with Crippen LogP contribution in [0.15, 0.2) is 48.5 Å². The van der Waals surface area contributed by atoms with E-state index >= 15 is 0 Å². The molecule has 2 rings (SSSR count). The van der Waals surface area contributed by atoms with Crippen molar-refractivity contribution in [3.63, 3.8) is 0 Å². The quantitative estimate of drug-likeness (QED) is 0.858. The SMILES string of the molecule is Cc1cc(C)cc(CC(C)NC(=O)CC(N)c2ccccc2)c1. The molecular formula is C20H26N2O. The highest BCUT2D eigenvalue weighted by molar-refractivity contribution is 5.77. The molecule has 2 atom stereocenters. The van der Waals surface area contributed by atoms with E-state index in [9.17, 15) is 4.79 Å². The summed E-state index contributed by atoms with van der Waals surface area (Å²) in [6.07, 6.45) is 1.13. The highest BCUT2D eigenvalue weighted by atomic mass is 16.1. The summed E-state index contributed by atoms with van der Waals surface area (Å²) in [5, 5.41) is 3.05. The first-order valence-corrected chi connectivity index (χ1v) is 8.11. The molecule has 1 amide bonds. The van der Waals surface area contributed by atoms with Crippen molar-refractivity contribution in [2.24, 2.45) is 5.73 Å². The Morgan fingerprint density at radius 2 is 1.70 bits per heavy atom. The summed E-state index contributed by atoms with van der Waals surface area (Å²) < 4.78 is 0. The summed E-state index contributed by atoms with van der Waals surface area (Å²) in [5.74, 6) is -0.00164. The fraction of sp³-hybridized carbons (Fsp3) is 0.350. The Morgan fingerprint density at radius 1 is 1.09 bits per heavy atom. The molecule has 2 unspecified atom stereocenters. The van der Waals surface area contributed by atoms with Gasteiger partial charge in [0, 0.05) is 18.5 Å². The third kappa shape index (κ3) is 5.53. The fourth-order valence-corrected chi connectivity index (χ4v) is 2.94. The second-order valence-electron chi connectivity index (χ2n) is 6.39. The van der Waals surface area contributed by atoms with Crippen molar-refractivity contribution in [2.45, 2.75) is 45.7 Å². The van der Waals surface area contributed by atoms with E-state index in [2.05, 4.69) is 37.4 Å². The smallest absolute Gasteiger partial charge is 0.222 e. The predicted octanol–water partition coefficient (Wildman–Crippen LogP) is 3.44. The highest BCUT2D eigenvalue weighted by Crippen LogP contribution is 2.14. The average molecular weight is 310 g/mol. The Kier molecular flexibility index (Phi) is 5.94. The van der Waals surface area contributed by atoms with Gasteiger partial charge in [-0.1, -0.05) is 59.7 Å². The fourth-order valence-electron chi connectivity index (χ4n) is 2.94. The Bertz CT molecular complexity index is 632. The first-order valence-electron chi connectivity index (χ1n) is 8.11. The molecule has 23 heavy (non-hydrogen) atoms. The van der Waals surface area contributed by atoms with E-state index in [0.717, 1.165) is 12.0 Å². The van der Waals surface area contributed by atoms with Gasteiger partial charge in [-0.15, -0.1) is 0 Å². The van der Waals surface area contributed by atoms with E-state index in [0.29, 0.717) is 6.42 Å². The Hall–Kier alpha value is -2.13. The van der Waals surface area contributed by atoms with Crippen LogP contribution in [0.3, 0.4) is 0 Å². The average Bonchev–Trinajstić information content (AvgIpc) is 2.46. The number of nitrogens with one attached hydrogen (secondary N) is 1. The molecule has 0 spiro atoms. The second-order valence-corrected chi connectivity index (χ2v) is 6.39. The minimum Gasteiger partial charge on any atom is -0.353 e. The third-order valence-corrected chi connectivity index (χ3v) is 3.86. The standard InChI is InChI=1S/C20H26N2O/c1-14-9-15(2)11-17(10-14)12-16(3)22-20(23)13-19(21)18-7-5-4-6-8-18/h4-11,16,19H,12-13,21H2,1-3H3,(H,22,23). The number of amides is 1. The normalized spacial score (nSPS) is 13.4. The summed E-state index contributed by atoms with van der Waals surface area (Å²) in [7, 11) is 0. The summed E-state index contributed by atoms with van der Waals surface area (Å²) in [6.45, 7) is 6.22. The lowest BCUT2D eigenvalue weighted by atomic mass is 10.0. The molecule has 0 radical (unpaired) electrons. The molecule has 0 heterocycles. The molecule has 0 aromatic heterocycles. The molecule has 2 aromatic rings. The topological polar surface area (TPSA) is 55.1 Å². The van der Waals surface area contributed by atoms with Crippen LogP contribution in [-0.4, -0.2) is 11.9 Å². The maximum absolute atomic E-state index is 12.2. The number of carbonyl (C=O) groups is 1. The molecule has 3 heteroatoms. The monoisotopic (exact) mass is 310 g/mol. The van der Waals surface area contributed by atoms with Crippen molar-refractivity contribution in [3.8, 4) is 0 Å². The van der Waals surface area contributed by atoms with Crippen LogP contribution in [0.1, 0.15) is 41.6 Å². The van der Waals surface area contributed by atoms with Crippen LogP contribution in [0, 0.1) is 13.8 Å². The lowest BCUT2D eigenvalue weighted by molar-refractivity contribution is -0.122. The second kappa shape index (κ2) is 7.93. The highest BCUT2D eigenvalue weighted by Gasteiger charge is 2.14. The molecule has 0 saturated carbocycles. The summed E-state index contributed by atoms with van der Waals surface area (Å²) in [4.78, 5) is 12.2. The van der Waals surface area contributed by atoms with Gasteiger partial charge in [-0.25, -0.2) is 0 Å². The minimum absolute atomic E-state index is 0.00164. The molecule has 0 bridgehead atoms. The molecule has 0 fully saturated rings. The van der Waals surface area contributed by atoms with Crippen molar-refractivity contribution >= 4 is 5.91 Å². The number of hydrogen-bond donors (Lipinski definition) is 2. The van der Waals surface area contributed by atoms with Gasteiger partial charge < -0.3 is 11.1 Å². The van der Waals surface area contributed by atoms with E-state index in [1.807, 2.05) is 37.3 Å². The van der Waals surface area contributed by atoms with Gasteiger partial charge in [0.25, 0.3) is 0 Å². The molecule has 0 aliphatic heterocycles. The predicted molar refractivity (Wildman–Crippen MR) is 95.2 cm³/mol. The van der Waals surface area contributed by atoms with Crippen molar-refractivity contribution in [1.29, 1.82) is 0 Å². The minimum atomic E-state index is -0.260. The van der Waals surface area contributed by atoms with Crippen molar-refractivity contribution in [1.82, 2.24) is 5.32 Å². The van der Waals surface area contributed by atoms with E-state index in [4.69, 9.17) is 5.73 Å². The van der Waals surface area contributed by atoms with Crippen LogP contribution < -0.4 is 11.1 Å². The Morgan fingerprint density at radius 3 is 2.30 bits per heavy atom. The van der Waals surface area contributed by atoms with Crippen LogP contribution in [0.5, 0.6) is 0 Å². The third-order valence-electron chi connectivity index (χ3n) is 3.86. The van der Waals surface area contributed by atoms with Gasteiger partial charge in [0.1, 0.15) is 0 Å². The van der Waals surface area contributed by atoms with Gasteiger partial charge >= 0.3 is 0 Å². The first-order chi connectivity index (χ1) is 10.9. The van der Waals surface area contributed by atoms with Crippen molar-refractivity contribution in [2.75, 3.05) is 0 Å². The number of benzene rings is 2.